The van der Waals surface area contributed by atoms with Crippen LogP contribution in [0.1, 0.15) is 0 Å². The summed E-state index contributed by atoms with van der Waals surface area (Å²) < 4.78 is 2.59. The van der Waals surface area contributed by atoms with Crippen LogP contribution in [0.3, 0.4) is 0 Å². The van der Waals surface area contributed by atoms with Crippen LogP contribution in [0.4, 0.5) is 5.69 Å². The fourth-order valence-electron chi connectivity index (χ4n) is 2.96. The van der Waals surface area contributed by atoms with E-state index in [1.54, 1.807) is 29.8 Å². The normalized spacial score (nSPS) is 11.0. The van der Waals surface area contributed by atoms with E-state index in [0.717, 1.165) is 20.9 Å². The molecule has 146 valence electrons. The summed E-state index contributed by atoms with van der Waals surface area (Å²) in [4.78, 5) is 12.4. The minimum absolute atomic E-state index is 0.120. The second-order valence-electron chi connectivity index (χ2n) is 6.43. The van der Waals surface area contributed by atoms with Crippen LogP contribution >= 0.6 is 27.7 Å². The van der Waals surface area contributed by atoms with E-state index >= 15 is 0 Å². The minimum Gasteiger partial charge on any atom is -0.507 e. The first kappa shape index (κ1) is 19.5. The Balaban J connectivity index is 1.44. The zero-order valence-corrected chi connectivity index (χ0v) is 17.9. The van der Waals surface area contributed by atoms with Gasteiger partial charge in [-0.05, 0) is 41.1 Å². The lowest BCUT2D eigenvalue weighted by Gasteiger charge is -2.07. The fourth-order valence-corrected chi connectivity index (χ4v) is 4.03. The molecule has 6 nitrogen and oxygen atoms in total. The summed E-state index contributed by atoms with van der Waals surface area (Å²) in [5.41, 5.74) is 1.33. The summed E-state index contributed by atoms with van der Waals surface area (Å²) in [6, 6.07) is 19.0. The molecule has 4 rings (SSSR count). The topological polar surface area (TPSA) is 80.0 Å². The van der Waals surface area contributed by atoms with Gasteiger partial charge in [0.05, 0.1) is 11.3 Å². The summed E-state index contributed by atoms with van der Waals surface area (Å²) in [5, 5.41) is 24.1. The van der Waals surface area contributed by atoms with Gasteiger partial charge in [0.25, 0.3) is 0 Å². The first-order valence-electron chi connectivity index (χ1n) is 8.81. The van der Waals surface area contributed by atoms with Crippen LogP contribution in [-0.4, -0.2) is 31.5 Å². The van der Waals surface area contributed by atoms with E-state index in [2.05, 4.69) is 31.4 Å². The standard InChI is InChI=1S/C21H17BrN4O2S/c1-26-20(17-11-15(22)7-9-18(17)27)24-25-21(26)29-12-19(28)23-16-8-6-13-4-2-3-5-14(13)10-16/h2-11,27H,12H2,1H3,(H,23,28). The minimum atomic E-state index is -0.125. The van der Waals surface area contributed by atoms with Crippen LogP contribution < -0.4 is 5.32 Å². The summed E-state index contributed by atoms with van der Waals surface area (Å²) >= 11 is 4.68. The number of aromatic nitrogens is 3. The number of halogens is 1. The lowest BCUT2D eigenvalue weighted by molar-refractivity contribution is -0.113. The number of phenols is 1. The van der Waals surface area contributed by atoms with Crippen molar-refractivity contribution in [1.82, 2.24) is 14.8 Å². The smallest absolute Gasteiger partial charge is 0.234 e. The zero-order chi connectivity index (χ0) is 20.4. The van der Waals surface area contributed by atoms with Crippen molar-refractivity contribution >= 4 is 50.1 Å². The third-order valence-electron chi connectivity index (χ3n) is 4.40. The Hall–Kier alpha value is -2.84. The van der Waals surface area contributed by atoms with Crippen LogP contribution in [-0.2, 0) is 11.8 Å². The van der Waals surface area contributed by atoms with Crippen molar-refractivity contribution in [1.29, 1.82) is 0 Å². The molecule has 3 aromatic carbocycles. The molecular weight excluding hydrogens is 452 g/mol. The average molecular weight is 469 g/mol. The van der Waals surface area contributed by atoms with Gasteiger partial charge < -0.3 is 15.0 Å². The predicted molar refractivity (Wildman–Crippen MR) is 119 cm³/mol. The molecule has 29 heavy (non-hydrogen) atoms. The Morgan fingerprint density at radius 3 is 2.72 bits per heavy atom. The number of nitrogens with one attached hydrogen (secondary N) is 1. The monoisotopic (exact) mass is 468 g/mol. The second kappa shape index (κ2) is 8.26. The maximum Gasteiger partial charge on any atom is 0.234 e. The Morgan fingerprint density at radius 1 is 1.10 bits per heavy atom. The highest BCUT2D eigenvalue weighted by molar-refractivity contribution is 9.10. The maximum atomic E-state index is 12.4. The number of aromatic hydroxyl groups is 1. The number of anilines is 1. The maximum absolute atomic E-state index is 12.4. The van der Waals surface area contributed by atoms with Crippen LogP contribution in [0.15, 0.2) is 70.3 Å². The molecule has 0 unspecified atom stereocenters. The van der Waals surface area contributed by atoms with Gasteiger partial charge in [-0.1, -0.05) is 58.0 Å². The van der Waals surface area contributed by atoms with E-state index in [9.17, 15) is 9.90 Å². The van der Waals surface area contributed by atoms with E-state index in [1.807, 2.05) is 42.5 Å². The largest absolute Gasteiger partial charge is 0.507 e. The second-order valence-corrected chi connectivity index (χ2v) is 8.28. The van der Waals surface area contributed by atoms with Crippen molar-refractivity contribution in [3.8, 4) is 17.1 Å². The lowest BCUT2D eigenvalue weighted by Crippen LogP contribution is -2.14. The molecule has 0 saturated carbocycles. The number of rotatable bonds is 5. The summed E-state index contributed by atoms with van der Waals surface area (Å²) in [6.07, 6.45) is 0. The molecule has 2 N–H and O–H groups in total. The van der Waals surface area contributed by atoms with Gasteiger partial charge >= 0.3 is 0 Å². The Morgan fingerprint density at radius 2 is 1.90 bits per heavy atom. The first-order valence-corrected chi connectivity index (χ1v) is 10.6. The van der Waals surface area contributed by atoms with Crippen molar-refractivity contribution in [2.75, 3.05) is 11.1 Å². The number of fused-ring (bicyclic) bond motifs is 1. The number of nitrogens with zero attached hydrogens (tertiary/aromatic N) is 3. The highest BCUT2D eigenvalue weighted by atomic mass is 79.9. The van der Waals surface area contributed by atoms with Crippen molar-refractivity contribution in [2.24, 2.45) is 7.05 Å². The van der Waals surface area contributed by atoms with Crippen molar-refractivity contribution in [2.45, 2.75) is 5.16 Å². The lowest BCUT2D eigenvalue weighted by atomic mass is 10.1. The van der Waals surface area contributed by atoms with E-state index in [1.165, 1.54) is 11.8 Å². The van der Waals surface area contributed by atoms with Crippen molar-refractivity contribution in [3.63, 3.8) is 0 Å². The van der Waals surface area contributed by atoms with Gasteiger partial charge in [0.1, 0.15) is 5.75 Å². The number of phenolic OH excluding ortho intramolecular Hbond substituents is 1. The molecule has 0 bridgehead atoms. The molecule has 0 atom stereocenters. The van der Waals surface area contributed by atoms with E-state index in [4.69, 9.17) is 0 Å². The SMILES string of the molecule is Cn1c(SCC(=O)Nc2ccc3ccccc3c2)nnc1-c1cc(Br)ccc1O. The van der Waals surface area contributed by atoms with Crippen LogP contribution in [0.5, 0.6) is 5.75 Å². The van der Waals surface area contributed by atoms with E-state index in [0.29, 0.717) is 16.5 Å². The zero-order valence-electron chi connectivity index (χ0n) is 15.5. The first-order chi connectivity index (χ1) is 14.0. The molecule has 0 spiro atoms. The van der Waals surface area contributed by atoms with Crippen LogP contribution in [0.25, 0.3) is 22.2 Å². The van der Waals surface area contributed by atoms with Crippen LogP contribution in [0, 0.1) is 0 Å². The van der Waals surface area contributed by atoms with E-state index in [-0.39, 0.29) is 17.4 Å². The van der Waals surface area contributed by atoms with Crippen LogP contribution in [0.2, 0.25) is 0 Å². The Labute approximate surface area is 180 Å². The summed E-state index contributed by atoms with van der Waals surface area (Å²) in [7, 11) is 1.80. The highest BCUT2D eigenvalue weighted by Crippen LogP contribution is 2.32. The predicted octanol–water partition coefficient (Wildman–Crippen LogP) is 4.83. The number of benzene rings is 3. The molecule has 0 aliphatic heterocycles. The third kappa shape index (κ3) is 4.28. The fraction of sp³-hybridized carbons (Fsp3) is 0.0952. The molecule has 0 fully saturated rings. The van der Waals surface area contributed by atoms with Crippen molar-refractivity contribution < 1.29 is 9.90 Å². The third-order valence-corrected chi connectivity index (χ3v) is 5.91. The number of thioether (sulfide) groups is 1. The molecule has 4 aromatic rings. The van der Waals surface area contributed by atoms with Gasteiger partial charge in [-0.2, -0.15) is 0 Å². The molecule has 1 aromatic heterocycles. The average Bonchev–Trinajstić information content (AvgIpc) is 3.08. The van der Waals surface area contributed by atoms with Gasteiger partial charge in [0.15, 0.2) is 11.0 Å². The molecule has 8 heteroatoms. The van der Waals surface area contributed by atoms with E-state index < -0.39 is 0 Å². The Bertz CT molecular complexity index is 1210. The number of hydrogen-bond acceptors (Lipinski definition) is 5. The van der Waals surface area contributed by atoms with Gasteiger partial charge in [-0.25, -0.2) is 0 Å². The number of carbonyl (C=O) groups is 1. The molecule has 0 aliphatic rings. The summed E-state index contributed by atoms with van der Waals surface area (Å²) in [6.45, 7) is 0. The molecule has 1 amide bonds. The number of hydrogen-bond donors (Lipinski definition) is 2. The highest BCUT2D eigenvalue weighted by Gasteiger charge is 2.16. The molecule has 0 saturated heterocycles. The summed E-state index contributed by atoms with van der Waals surface area (Å²) in [5.74, 6) is 0.721. The molecule has 0 aliphatic carbocycles. The van der Waals surface area contributed by atoms with Gasteiger partial charge in [-0.3, -0.25) is 4.79 Å². The molecular formula is C21H17BrN4O2S. The van der Waals surface area contributed by atoms with Gasteiger partial charge in [0.2, 0.25) is 5.91 Å². The quantitative estimate of drug-likeness (QED) is 0.409. The van der Waals surface area contributed by atoms with Crippen molar-refractivity contribution in [3.05, 3.63) is 65.1 Å². The van der Waals surface area contributed by atoms with Gasteiger partial charge in [-0.15, -0.1) is 10.2 Å². The van der Waals surface area contributed by atoms with Gasteiger partial charge in [0, 0.05) is 17.2 Å². The number of carbonyl (C=O) groups excluding carboxylic acids is 1. The number of amides is 1. The Kier molecular flexibility index (Phi) is 5.55. The molecule has 1 heterocycles. The molecule has 0 radical (unpaired) electrons.